The molecule has 0 unspecified atom stereocenters. The molecule has 0 spiro atoms. The topological polar surface area (TPSA) is 61.4 Å². The van der Waals surface area contributed by atoms with Gasteiger partial charge in [-0.25, -0.2) is 13.6 Å². The maximum atomic E-state index is 14.7. The predicted octanol–water partition coefficient (Wildman–Crippen LogP) is 3.63. The minimum atomic E-state index is -0.828. The summed E-state index contributed by atoms with van der Waals surface area (Å²) in [5.74, 6) is -0.431. The van der Waals surface area contributed by atoms with Crippen LogP contribution in [0.5, 0.6) is 0 Å². The zero-order valence-electron chi connectivity index (χ0n) is 15.7. The molecular weight excluding hydrogens is 388 g/mol. The fourth-order valence-corrected chi connectivity index (χ4v) is 4.61. The van der Waals surface area contributed by atoms with Crippen molar-refractivity contribution in [3.63, 3.8) is 0 Å². The van der Waals surface area contributed by atoms with Crippen LogP contribution in [0.3, 0.4) is 0 Å². The van der Waals surface area contributed by atoms with E-state index in [9.17, 15) is 18.4 Å². The number of carbonyl (C=O) groups excluding carboxylic acids is 2. The van der Waals surface area contributed by atoms with Gasteiger partial charge in [-0.05, 0) is 56.4 Å². The quantitative estimate of drug-likeness (QED) is 0.743. The van der Waals surface area contributed by atoms with Crippen LogP contribution in [-0.4, -0.2) is 36.0 Å². The first-order valence-electron chi connectivity index (χ1n) is 9.85. The van der Waals surface area contributed by atoms with Crippen molar-refractivity contribution in [3.8, 4) is 0 Å². The summed E-state index contributed by atoms with van der Waals surface area (Å²) >= 11 is 5.78. The van der Waals surface area contributed by atoms with Crippen LogP contribution in [0.25, 0.3) is 0 Å². The maximum absolute atomic E-state index is 14.7. The van der Waals surface area contributed by atoms with Gasteiger partial charge >= 0.3 is 6.03 Å². The van der Waals surface area contributed by atoms with Gasteiger partial charge < -0.3 is 15.5 Å². The number of nitrogens with one attached hydrogen (secondary N) is 2. The van der Waals surface area contributed by atoms with Crippen LogP contribution >= 0.6 is 11.6 Å². The highest BCUT2D eigenvalue weighted by Crippen LogP contribution is 2.53. The van der Waals surface area contributed by atoms with Crippen molar-refractivity contribution in [2.75, 3.05) is 13.1 Å². The fraction of sp³-hybridized carbons (Fsp3) is 0.600. The molecule has 0 bridgehead atoms. The molecule has 2 atom stereocenters. The number of urea groups is 1. The van der Waals surface area contributed by atoms with Crippen molar-refractivity contribution >= 4 is 23.5 Å². The highest BCUT2D eigenvalue weighted by atomic mass is 35.5. The third kappa shape index (κ3) is 3.56. The number of amides is 3. The van der Waals surface area contributed by atoms with Gasteiger partial charge in [0.25, 0.3) is 0 Å². The highest BCUT2D eigenvalue weighted by Gasteiger charge is 2.45. The standard InChI is InChI=1S/C20H24ClF2N3O2/c1-10-19(27)24-6-7-26(10)20(28)25-18(13-8-12(9-13)11-2-3-11)14-4-5-15(22)16(21)17(14)23/h4-5,10-13,18H,2-3,6-9H2,1H3,(H,24,27)(H,25,28)/t10-,12?,13?,18+/m1/s1. The number of rotatable bonds is 4. The summed E-state index contributed by atoms with van der Waals surface area (Å²) in [7, 11) is 0. The van der Waals surface area contributed by atoms with Crippen LogP contribution in [0.1, 0.15) is 44.2 Å². The van der Waals surface area contributed by atoms with E-state index in [1.807, 2.05) is 0 Å². The smallest absolute Gasteiger partial charge is 0.318 e. The average Bonchev–Trinajstić information content (AvgIpc) is 3.45. The first-order valence-corrected chi connectivity index (χ1v) is 10.2. The van der Waals surface area contributed by atoms with Gasteiger partial charge in [0.05, 0.1) is 6.04 Å². The first-order chi connectivity index (χ1) is 13.4. The number of carbonyl (C=O) groups is 2. The molecule has 1 aromatic carbocycles. The second-order valence-electron chi connectivity index (χ2n) is 8.18. The van der Waals surface area contributed by atoms with Gasteiger partial charge in [-0.15, -0.1) is 0 Å². The largest absolute Gasteiger partial charge is 0.353 e. The molecule has 0 aromatic heterocycles. The van der Waals surface area contributed by atoms with Crippen LogP contribution in [0.2, 0.25) is 5.02 Å². The molecule has 3 aliphatic rings. The predicted molar refractivity (Wildman–Crippen MR) is 101 cm³/mol. The maximum Gasteiger partial charge on any atom is 0.318 e. The Bertz CT molecular complexity index is 796. The van der Waals surface area contributed by atoms with Crippen molar-refractivity contribution in [1.82, 2.24) is 15.5 Å². The molecule has 1 heterocycles. The Morgan fingerprint density at radius 2 is 2.00 bits per heavy atom. The Labute approximate surface area is 167 Å². The van der Waals surface area contributed by atoms with E-state index in [0.29, 0.717) is 19.0 Å². The molecule has 0 radical (unpaired) electrons. The van der Waals surface area contributed by atoms with E-state index in [1.165, 1.54) is 23.8 Å². The van der Waals surface area contributed by atoms with Crippen LogP contribution in [0, 0.1) is 29.4 Å². The van der Waals surface area contributed by atoms with Crippen LogP contribution in [0.15, 0.2) is 12.1 Å². The molecule has 1 saturated heterocycles. The Kier molecular flexibility index (Phi) is 5.21. The highest BCUT2D eigenvalue weighted by molar-refractivity contribution is 6.31. The van der Waals surface area contributed by atoms with Crippen molar-refractivity contribution in [3.05, 3.63) is 34.4 Å². The Hall–Kier alpha value is -1.89. The van der Waals surface area contributed by atoms with Gasteiger partial charge in [-0.1, -0.05) is 17.7 Å². The van der Waals surface area contributed by atoms with E-state index in [0.717, 1.165) is 24.8 Å². The summed E-state index contributed by atoms with van der Waals surface area (Å²) in [6.45, 7) is 2.42. The zero-order valence-corrected chi connectivity index (χ0v) is 16.4. The number of hydrogen-bond acceptors (Lipinski definition) is 2. The molecule has 28 heavy (non-hydrogen) atoms. The van der Waals surface area contributed by atoms with Crippen LogP contribution in [0.4, 0.5) is 13.6 Å². The Balaban J connectivity index is 1.56. The van der Waals surface area contributed by atoms with Crippen molar-refractivity contribution in [2.45, 2.75) is 44.7 Å². The van der Waals surface area contributed by atoms with Gasteiger partial charge in [-0.3, -0.25) is 4.79 Å². The molecule has 1 aromatic rings. The zero-order chi connectivity index (χ0) is 20.0. The molecule has 1 aliphatic heterocycles. The molecule has 3 fully saturated rings. The van der Waals surface area contributed by atoms with Gasteiger partial charge in [0, 0.05) is 18.7 Å². The van der Waals surface area contributed by atoms with E-state index in [-0.39, 0.29) is 17.4 Å². The summed E-state index contributed by atoms with van der Waals surface area (Å²) in [5.41, 5.74) is 0.202. The van der Waals surface area contributed by atoms with Crippen LogP contribution in [-0.2, 0) is 4.79 Å². The molecule has 8 heteroatoms. The van der Waals surface area contributed by atoms with Crippen LogP contribution < -0.4 is 10.6 Å². The van der Waals surface area contributed by atoms with E-state index >= 15 is 0 Å². The third-order valence-corrected chi connectivity index (χ3v) is 6.76. The monoisotopic (exact) mass is 411 g/mol. The molecular formula is C20H24ClF2N3O2. The lowest BCUT2D eigenvalue weighted by Gasteiger charge is -2.42. The molecule has 2 aliphatic carbocycles. The van der Waals surface area contributed by atoms with Crippen molar-refractivity contribution < 1.29 is 18.4 Å². The molecule has 5 nitrogen and oxygen atoms in total. The minimum Gasteiger partial charge on any atom is -0.353 e. The summed E-state index contributed by atoms with van der Waals surface area (Å²) in [6, 6.07) is 0.878. The lowest BCUT2D eigenvalue weighted by Crippen LogP contribution is -2.59. The number of benzene rings is 1. The van der Waals surface area contributed by atoms with Gasteiger partial charge in [0.1, 0.15) is 22.7 Å². The van der Waals surface area contributed by atoms with E-state index in [1.54, 1.807) is 6.92 Å². The van der Waals surface area contributed by atoms with E-state index in [4.69, 9.17) is 11.6 Å². The minimum absolute atomic E-state index is 0.0690. The molecule has 2 saturated carbocycles. The van der Waals surface area contributed by atoms with Crippen molar-refractivity contribution in [2.24, 2.45) is 17.8 Å². The van der Waals surface area contributed by atoms with Gasteiger partial charge in [-0.2, -0.15) is 0 Å². The van der Waals surface area contributed by atoms with E-state index < -0.39 is 34.8 Å². The Morgan fingerprint density at radius 1 is 1.29 bits per heavy atom. The average molecular weight is 412 g/mol. The number of nitrogens with zero attached hydrogens (tertiary/aromatic N) is 1. The summed E-state index contributed by atoms with van der Waals surface area (Å²) in [4.78, 5) is 26.2. The summed E-state index contributed by atoms with van der Waals surface area (Å²) in [5, 5.41) is 5.07. The molecule has 152 valence electrons. The normalized spacial score (nSPS) is 28.4. The fourth-order valence-electron chi connectivity index (χ4n) is 4.44. The Morgan fingerprint density at radius 3 is 2.68 bits per heavy atom. The van der Waals surface area contributed by atoms with Gasteiger partial charge in [0.15, 0.2) is 0 Å². The molecule has 4 rings (SSSR count). The summed E-state index contributed by atoms with van der Waals surface area (Å²) in [6.07, 6.45) is 4.29. The first kappa shape index (κ1) is 19.4. The lowest BCUT2D eigenvalue weighted by molar-refractivity contribution is -0.127. The van der Waals surface area contributed by atoms with E-state index in [2.05, 4.69) is 10.6 Å². The number of hydrogen-bond donors (Lipinski definition) is 2. The SMILES string of the molecule is C[C@@H]1C(=O)NCCN1C(=O)N[C@H](c1ccc(F)c(Cl)c1F)C1CC(C2CC2)C1. The van der Waals surface area contributed by atoms with Gasteiger partial charge in [0.2, 0.25) is 5.91 Å². The lowest BCUT2D eigenvalue weighted by atomic mass is 9.67. The second kappa shape index (κ2) is 7.50. The number of piperazine rings is 1. The van der Waals surface area contributed by atoms with Crippen molar-refractivity contribution in [1.29, 1.82) is 0 Å². The summed E-state index contributed by atoms with van der Waals surface area (Å²) < 4.78 is 28.4. The molecule has 2 N–H and O–H groups in total. The molecule has 3 amide bonds. The number of halogens is 3. The third-order valence-electron chi connectivity index (χ3n) is 6.41. The second-order valence-corrected chi connectivity index (χ2v) is 8.56.